The van der Waals surface area contributed by atoms with E-state index in [0.29, 0.717) is 13.1 Å². The molecule has 2 heterocycles. The van der Waals surface area contributed by atoms with Gasteiger partial charge in [-0.2, -0.15) is 5.10 Å². The number of pyridine rings is 1. The minimum Gasteiger partial charge on any atom is -0.497 e. The van der Waals surface area contributed by atoms with Crippen molar-refractivity contribution in [1.82, 2.24) is 25.4 Å². The average molecular weight is 351 g/mol. The number of hydrogen-bond acceptors (Lipinski definition) is 4. The summed E-state index contributed by atoms with van der Waals surface area (Å²) >= 11 is 0. The zero-order valence-corrected chi connectivity index (χ0v) is 14.8. The summed E-state index contributed by atoms with van der Waals surface area (Å²) in [6.45, 7) is 0.844. The molecular formula is C19H21N5O2. The summed E-state index contributed by atoms with van der Waals surface area (Å²) in [5, 5.41) is 9.84. The number of nitrogens with one attached hydrogen (secondary N) is 2. The number of carbonyl (C=O) groups is 1. The molecule has 0 fully saturated rings. The maximum atomic E-state index is 12.0. The fourth-order valence-electron chi connectivity index (χ4n) is 2.55. The van der Waals surface area contributed by atoms with Crippen molar-refractivity contribution in [3.05, 3.63) is 66.1 Å². The lowest BCUT2D eigenvalue weighted by molar-refractivity contribution is 0.240. The Morgan fingerprint density at radius 1 is 1.08 bits per heavy atom. The van der Waals surface area contributed by atoms with Crippen molar-refractivity contribution in [3.63, 3.8) is 0 Å². The third kappa shape index (κ3) is 4.38. The second-order valence-electron chi connectivity index (χ2n) is 5.81. The number of amides is 2. The number of hydrogen-bond donors (Lipinski definition) is 2. The molecule has 2 N–H and O–H groups in total. The van der Waals surface area contributed by atoms with Crippen molar-refractivity contribution < 1.29 is 9.53 Å². The highest BCUT2D eigenvalue weighted by atomic mass is 16.5. The van der Waals surface area contributed by atoms with E-state index >= 15 is 0 Å². The van der Waals surface area contributed by atoms with Crippen LogP contribution in [0.25, 0.3) is 11.3 Å². The third-order valence-corrected chi connectivity index (χ3v) is 3.98. The smallest absolute Gasteiger partial charge is 0.315 e. The largest absolute Gasteiger partial charge is 0.497 e. The lowest BCUT2D eigenvalue weighted by atomic mass is 10.1. The van der Waals surface area contributed by atoms with Crippen molar-refractivity contribution in [2.45, 2.75) is 13.1 Å². The number of ether oxygens (including phenoxy) is 1. The molecular weight excluding hydrogens is 330 g/mol. The molecule has 0 aliphatic carbocycles. The van der Waals surface area contributed by atoms with Crippen LogP contribution in [0.4, 0.5) is 4.79 Å². The molecule has 0 aliphatic heterocycles. The first-order chi connectivity index (χ1) is 12.7. The van der Waals surface area contributed by atoms with E-state index in [1.54, 1.807) is 30.4 Å². The van der Waals surface area contributed by atoms with E-state index in [0.717, 1.165) is 28.1 Å². The Bertz CT molecular complexity index is 874. The molecule has 3 aromatic rings. The van der Waals surface area contributed by atoms with Gasteiger partial charge in [-0.25, -0.2) is 4.79 Å². The van der Waals surface area contributed by atoms with Crippen LogP contribution in [-0.4, -0.2) is 27.9 Å². The summed E-state index contributed by atoms with van der Waals surface area (Å²) in [4.78, 5) is 16.2. The fraction of sp³-hybridized carbons (Fsp3) is 0.211. The molecule has 2 aromatic heterocycles. The van der Waals surface area contributed by atoms with Crippen LogP contribution in [0.3, 0.4) is 0 Å². The molecule has 26 heavy (non-hydrogen) atoms. The van der Waals surface area contributed by atoms with Crippen molar-refractivity contribution in [3.8, 4) is 17.0 Å². The number of aromatic nitrogens is 3. The van der Waals surface area contributed by atoms with Gasteiger partial charge in [0.2, 0.25) is 0 Å². The molecule has 0 saturated heterocycles. The van der Waals surface area contributed by atoms with E-state index in [4.69, 9.17) is 4.74 Å². The Morgan fingerprint density at radius 2 is 1.81 bits per heavy atom. The molecule has 7 nitrogen and oxygen atoms in total. The van der Waals surface area contributed by atoms with Gasteiger partial charge in [0.05, 0.1) is 12.8 Å². The molecule has 2 amide bonds. The number of benzene rings is 1. The van der Waals surface area contributed by atoms with E-state index in [-0.39, 0.29) is 6.03 Å². The molecule has 0 radical (unpaired) electrons. The normalized spacial score (nSPS) is 10.4. The molecule has 0 spiro atoms. The van der Waals surface area contributed by atoms with Crippen LogP contribution >= 0.6 is 0 Å². The van der Waals surface area contributed by atoms with Crippen LogP contribution < -0.4 is 15.4 Å². The Kier molecular flexibility index (Phi) is 5.48. The highest BCUT2D eigenvalue weighted by Gasteiger charge is 2.06. The molecule has 1 aromatic carbocycles. The maximum Gasteiger partial charge on any atom is 0.315 e. The molecule has 7 heteroatoms. The van der Waals surface area contributed by atoms with E-state index in [2.05, 4.69) is 20.7 Å². The minimum absolute atomic E-state index is 0.230. The molecule has 0 unspecified atom stereocenters. The SMILES string of the molecule is COc1ccc(CNC(=O)NCc2cncc(-c3ccnn3C)c2)cc1. The first kappa shape index (κ1) is 17.5. The second-order valence-corrected chi connectivity index (χ2v) is 5.81. The summed E-state index contributed by atoms with van der Waals surface area (Å²) < 4.78 is 6.90. The van der Waals surface area contributed by atoms with Gasteiger partial charge in [-0.15, -0.1) is 0 Å². The zero-order valence-electron chi connectivity index (χ0n) is 14.8. The van der Waals surface area contributed by atoms with Crippen LogP contribution in [0.2, 0.25) is 0 Å². The summed E-state index contributed by atoms with van der Waals surface area (Å²) in [5.74, 6) is 0.791. The van der Waals surface area contributed by atoms with Crippen LogP contribution in [-0.2, 0) is 20.1 Å². The first-order valence-corrected chi connectivity index (χ1v) is 8.22. The van der Waals surface area contributed by atoms with Crippen molar-refractivity contribution in [2.24, 2.45) is 7.05 Å². The van der Waals surface area contributed by atoms with E-state index in [1.165, 1.54) is 0 Å². The Labute approximate surface area is 152 Å². The number of rotatable bonds is 6. The van der Waals surface area contributed by atoms with Crippen LogP contribution in [0, 0.1) is 0 Å². The van der Waals surface area contributed by atoms with Gasteiger partial charge in [-0.1, -0.05) is 12.1 Å². The fourth-order valence-corrected chi connectivity index (χ4v) is 2.55. The van der Waals surface area contributed by atoms with Crippen LogP contribution in [0.15, 0.2) is 55.0 Å². The van der Waals surface area contributed by atoms with E-state index in [1.807, 2.05) is 43.4 Å². The van der Waals surface area contributed by atoms with Crippen molar-refractivity contribution in [2.75, 3.05) is 7.11 Å². The number of nitrogens with zero attached hydrogens (tertiary/aromatic N) is 3. The van der Waals surface area contributed by atoms with E-state index < -0.39 is 0 Å². The quantitative estimate of drug-likeness (QED) is 0.715. The predicted octanol–water partition coefficient (Wildman–Crippen LogP) is 2.49. The van der Waals surface area contributed by atoms with Crippen LogP contribution in [0.5, 0.6) is 5.75 Å². The molecule has 0 aliphatic rings. The molecule has 134 valence electrons. The second kappa shape index (κ2) is 8.15. The highest BCUT2D eigenvalue weighted by Crippen LogP contribution is 2.18. The molecule has 0 atom stereocenters. The first-order valence-electron chi connectivity index (χ1n) is 8.22. The van der Waals surface area contributed by atoms with Gasteiger partial charge in [0.15, 0.2) is 0 Å². The Morgan fingerprint density at radius 3 is 2.46 bits per heavy atom. The molecule has 0 bridgehead atoms. The topological polar surface area (TPSA) is 81.1 Å². The highest BCUT2D eigenvalue weighted by molar-refractivity contribution is 5.73. The average Bonchev–Trinajstić information content (AvgIpc) is 3.11. The summed E-state index contributed by atoms with van der Waals surface area (Å²) in [7, 11) is 3.51. The maximum absolute atomic E-state index is 12.0. The monoisotopic (exact) mass is 351 g/mol. The number of aryl methyl sites for hydroxylation is 1. The minimum atomic E-state index is -0.230. The van der Waals surface area contributed by atoms with Gasteiger partial charge in [-0.3, -0.25) is 9.67 Å². The van der Waals surface area contributed by atoms with Gasteiger partial charge in [0.25, 0.3) is 0 Å². The Hall–Kier alpha value is -3.35. The summed E-state index contributed by atoms with van der Waals surface area (Å²) in [6.07, 6.45) is 5.26. The number of methoxy groups -OCH3 is 1. The van der Waals surface area contributed by atoms with E-state index in [9.17, 15) is 4.79 Å². The summed E-state index contributed by atoms with van der Waals surface area (Å²) in [6, 6.07) is 11.3. The predicted molar refractivity (Wildman–Crippen MR) is 98.5 cm³/mol. The molecule has 0 saturated carbocycles. The molecule has 3 rings (SSSR count). The standard InChI is InChI=1S/C19H21N5O2/c1-24-18(7-8-23-24)16-9-15(10-20-13-16)12-22-19(25)21-11-14-3-5-17(26-2)6-4-14/h3-10,13H,11-12H2,1-2H3,(H2,21,22,25). The van der Waals surface area contributed by atoms with Gasteiger partial charge < -0.3 is 15.4 Å². The number of urea groups is 1. The lowest BCUT2D eigenvalue weighted by Crippen LogP contribution is -2.34. The van der Waals surface area contributed by atoms with Gasteiger partial charge in [0.1, 0.15) is 5.75 Å². The lowest BCUT2D eigenvalue weighted by Gasteiger charge is -2.09. The third-order valence-electron chi connectivity index (χ3n) is 3.98. The van der Waals surface area contributed by atoms with Crippen molar-refractivity contribution >= 4 is 6.03 Å². The number of carbonyl (C=O) groups excluding carboxylic acids is 1. The van der Waals surface area contributed by atoms with Gasteiger partial charge in [-0.05, 0) is 35.4 Å². The van der Waals surface area contributed by atoms with Crippen LogP contribution in [0.1, 0.15) is 11.1 Å². The van der Waals surface area contributed by atoms with Crippen molar-refractivity contribution in [1.29, 1.82) is 0 Å². The summed E-state index contributed by atoms with van der Waals surface area (Å²) in [5.41, 5.74) is 3.86. The van der Waals surface area contributed by atoms with Gasteiger partial charge >= 0.3 is 6.03 Å². The Balaban J connectivity index is 1.52. The van der Waals surface area contributed by atoms with Gasteiger partial charge in [0, 0.05) is 44.3 Å². The zero-order chi connectivity index (χ0) is 18.4.